The van der Waals surface area contributed by atoms with Crippen molar-refractivity contribution in [2.45, 2.75) is 59.2 Å². The van der Waals surface area contributed by atoms with Crippen LogP contribution in [0.2, 0.25) is 6.82 Å². The molecule has 39 heavy (non-hydrogen) atoms. The Morgan fingerprint density at radius 2 is 1.28 bits per heavy atom. The molecule has 1 aliphatic heterocycles. The number of nitrogens with one attached hydrogen (secondary N) is 2. The summed E-state index contributed by atoms with van der Waals surface area (Å²) in [5.41, 5.74) is 0. The standard InChI is InChI=1S/C15H32N2O5.C12H24N2O.CH3B/c1-3-7-19-10-6-17-15(18)4-8-20-11-13-22-14-12-21-9-5-16-2;1-2-6-13-8-10-14(11-9-13)7-4-3-5-12-15;1-2/h16H,3-14H2,1-2H3,(H,17,18);12H,2-11H2,1H3;1H3. The van der Waals surface area contributed by atoms with Crippen LogP contribution >= 0.6 is 0 Å². The molecule has 1 saturated heterocycles. The van der Waals surface area contributed by atoms with Gasteiger partial charge in [-0.15, -0.1) is 0 Å². The fraction of sp³-hybridized carbons (Fsp3) is 0.929. The van der Waals surface area contributed by atoms with Gasteiger partial charge in [0.2, 0.25) is 5.91 Å². The molecule has 1 amide bonds. The van der Waals surface area contributed by atoms with E-state index in [1.807, 2.05) is 7.05 Å². The highest BCUT2D eigenvalue weighted by atomic mass is 16.5. The van der Waals surface area contributed by atoms with Crippen molar-refractivity contribution in [3.05, 3.63) is 0 Å². The monoisotopic (exact) mass is 558 g/mol. The second kappa shape index (κ2) is 35.0. The zero-order valence-corrected chi connectivity index (χ0v) is 25.6. The van der Waals surface area contributed by atoms with Crippen molar-refractivity contribution in [2.75, 3.05) is 112 Å². The van der Waals surface area contributed by atoms with Gasteiger partial charge in [0.15, 0.2) is 0 Å². The molecule has 230 valence electrons. The minimum atomic E-state index is -0.0149. The second-order valence-electron chi connectivity index (χ2n) is 9.00. The van der Waals surface area contributed by atoms with Crippen molar-refractivity contribution >= 4 is 20.0 Å². The number of amides is 1. The maximum atomic E-state index is 11.4. The number of carbonyl (C=O) groups is 2. The van der Waals surface area contributed by atoms with E-state index in [2.05, 4.69) is 42.1 Å². The summed E-state index contributed by atoms with van der Waals surface area (Å²) >= 11 is 0. The van der Waals surface area contributed by atoms with E-state index in [-0.39, 0.29) is 5.91 Å². The average Bonchev–Trinajstić information content (AvgIpc) is 2.96. The van der Waals surface area contributed by atoms with Gasteiger partial charge in [-0.2, -0.15) is 0 Å². The number of likely N-dealkylation sites (N-methyl/N-ethyl adjacent to an activating group) is 1. The molecular formula is C28H59BN4O6. The smallest absolute Gasteiger partial charge is 0.222 e. The summed E-state index contributed by atoms with van der Waals surface area (Å²) in [6.45, 7) is 19.0. The lowest BCUT2D eigenvalue weighted by atomic mass is 10.2. The Labute approximate surface area is 240 Å². The van der Waals surface area contributed by atoms with Crippen LogP contribution in [-0.2, 0) is 28.5 Å². The molecule has 1 fully saturated rings. The first-order valence-electron chi connectivity index (χ1n) is 14.9. The third-order valence-corrected chi connectivity index (χ3v) is 5.68. The van der Waals surface area contributed by atoms with Crippen molar-refractivity contribution in [2.24, 2.45) is 0 Å². The summed E-state index contributed by atoms with van der Waals surface area (Å²) in [4.78, 5) is 26.7. The number of rotatable bonds is 24. The molecular weight excluding hydrogens is 499 g/mol. The average molecular weight is 559 g/mol. The SMILES string of the molecule is CCCN1CCN(CCCCC=O)CC1.CCCOCCNC(=O)CCOCCOCCOCCNC.[B]C. The van der Waals surface area contributed by atoms with Crippen molar-refractivity contribution in [1.82, 2.24) is 20.4 Å². The van der Waals surface area contributed by atoms with Crippen molar-refractivity contribution in [1.29, 1.82) is 0 Å². The Kier molecular flexibility index (Phi) is 35.9. The Hall–Kier alpha value is -1.08. The molecule has 0 aliphatic carbocycles. The normalized spacial score (nSPS) is 13.6. The molecule has 10 nitrogen and oxygen atoms in total. The molecule has 0 aromatic heterocycles. The summed E-state index contributed by atoms with van der Waals surface area (Å²) in [5, 5.41) is 5.78. The van der Waals surface area contributed by atoms with Crippen LogP contribution in [0, 0.1) is 0 Å². The first-order valence-corrected chi connectivity index (χ1v) is 14.9. The molecule has 11 heteroatoms. The van der Waals surface area contributed by atoms with Crippen LogP contribution < -0.4 is 10.6 Å². The molecule has 0 saturated carbocycles. The molecule has 1 rings (SSSR count). The molecule has 0 aromatic carbocycles. The van der Waals surface area contributed by atoms with E-state index in [1.54, 1.807) is 0 Å². The van der Waals surface area contributed by atoms with E-state index in [1.165, 1.54) is 58.9 Å². The summed E-state index contributed by atoms with van der Waals surface area (Å²) < 4.78 is 21.2. The van der Waals surface area contributed by atoms with E-state index in [9.17, 15) is 9.59 Å². The first kappa shape index (κ1) is 40.1. The van der Waals surface area contributed by atoms with Gasteiger partial charge < -0.3 is 44.2 Å². The Balaban J connectivity index is 0. The number of hydrogen-bond donors (Lipinski definition) is 2. The minimum Gasteiger partial charge on any atom is -0.380 e. The Morgan fingerprint density at radius 1 is 0.744 bits per heavy atom. The number of piperazine rings is 1. The highest BCUT2D eigenvalue weighted by Crippen LogP contribution is 2.04. The predicted octanol–water partition coefficient (Wildman–Crippen LogP) is 1.77. The molecule has 0 unspecified atom stereocenters. The zero-order valence-electron chi connectivity index (χ0n) is 25.6. The first-order chi connectivity index (χ1) is 19.2. The maximum absolute atomic E-state index is 11.4. The fourth-order valence-corrected chi connectivity index (χ4v) is 3.59. The molecule has 0 bridgehead atoms. The summed E-state index contributed by atoms with van der Waals surface area (Å²) in [6, 6.07) is 0. The van der Waals surface area contributed by atoms with E-state index in [4.69, 9.17) is 18.9 Å². The van der Waals surface area contributed by atoms with E-state index in [0.29, 0.717) is 59.2 Å². The largest absolute Gasteiger partial charge is 0.380 e. The Bertz CT molecular complexity index is 501. The van der Waals surface area contributed by atoms with Gasteiger partial charge in [0.05, 0.1) is 54.1 Å². The van der Waals surface area contributed by atoms with Crippen LogP contribution in [0.5, 0.6) is 0 Å². The molecule has 0 aromatic rings. The highest BCUT2D eigenvalue weighted by molar-refractivity contribution is 6.05. The number of hydrogen-bond acceptors (Lipinski definition) is 9. The lowest BCUT2D eigenvalue weighted by molar-refractivity contribution is -0.122. The van der Waals surface area contributed by atoms with E-state index >= 15 is 0 Å². The second-order valence-corrected chi connectivity index (χ2v) is 9.00. The topological polar surface area (TPSA) is 102 Å². The fourth-order valence-electron chi connectivity index (χ4n) is 3.59. The van der Waals surface area contributed by atoms with Crippen molar-refractivity contribution in [3.63, 3.8) is 0 Å². The number of aldehydes is 1. The summed E-state index contributed by atoms with van der Waals surface area (Å²) in [7, 11) is 6.39. The van der Waals surface area contributed by atoms with Gasteiger partial charge in [-0.25, -0.2) is 0 Å². The van der Waals surface area contributed by atoms with Crippen LogP contribution in [0.15, 0.2) is 0 Å². The minimum absolute atomic E-state index is 0.0149. The van der Waals surface area contributed by atoms with Crippen LogP contribution in [0.3, 0.4) is 0 Å². The quantitative estimate of drug-likeness (QED) is 0.104. The van der Waals surface area contributed by atoms with Gasteiger partial charge >= 0.3 is 0 Å². The number of ether oxygens (including phenoxy) is 4. The van der Waals surface area contributed by atoms with Crippen molar-refractivity contribution in [3.8, 4) is 0 Å². The van der Waals surface area contributed by atoms with Gasteiger partial charge in [-0.05, 0) is 45.8 Å². The third-order valence-electron chi connectivity index (χ3n) is 5.68. The number of carbonyl (C=O) groups excluding carboxylic acids is 2. The highest BCUT2D eigenvalue weighted by Gasteiger charge is 2.14. The van der Waals surface area contributed by atoms with Crippen molar-refractivity contribution < 1.29 is 28.5 Å². The van der Waals surface area contributed by atoms with Gasteiger partial charge in [-0.1, -0.05) is 20.7 Å². The van der Waals surface area contributed by atoms with Gasteiger partial charge in [-0.3, -0.25) is 4.79 Å². The summed E-state index contributed by atoms with van der Waals surface area (Å²) in [6.07, 6.45) is 6.60. The van der Waals surface area contributed by atoms with E-state index in [0.717, 1.165) is 38.7 Å². The summed E-state index contributed by atoms with van der Waals surface area (Å²) in [5.74, 6) is -0.0149. The van der Waals surface area contributed by atoms with Crippen LogP contribution in [0.4, 0.5) is 0 Å². The zero-order chi connectivity index (χ0) is 29.2. The van der Waals surface area contributed by atoms with Crippen LogP contribution in [0.25, 0.3) is 0 Å². The number of nitrogens with zero attached hydrogens (tertiary/aromatic N) is 2. The van der Waals surface area contributed by atoms with Crippen LogP contribution in [0.1, 0.15) is 52.4 Å². The van der Waals surface area contributed by atoms with Gasteiger partial charge in [0, 0.05) is 58.7 Å². The lowest BCUT2D eigenvalue weighted by Crippen LogP contribution is -2.46. The maximum Gasteiger partial charge on any atom is 0.222 e. The van der Waals surface area contributed by atoms with Crippen LogP contribution in [-0.4, -0.2) is 142 Å². The molecule has 0 atom stereocenters. The predicted molar refractivity (Wildman–Crippen MR) is 160 cm³/mol. The molecule has 2 N–H and O–H groups in total. The van der Waals surface area contributed by atoms with Gasteiger partial charge in [0.25, 0.3) is 0 Å². The lowest BCUT2D eigenvalue weighted by Gasteiger charge is -2.34. The third kappa shape index (κ3) is 31.3. The molecule has 1 aliphatic rings. The molecule has 0 spiro atoms. The van der Waals surface area contributed by atoms with Gasteiger partial charge in [0.1, 0.15) is 6.29 Å². The Morgan fingerprint density at radius 3 is 1.85 bits per heavy atom. The molecule has 1 heterocycles. The molecule has 2 radical (unpaired) electrons. The number of unbranched alkanes of at least 4 members (excludes halogenated alkanes) is 2. The van der Waals surface area contributed by atoms with E-state index < -0.39 is 0 Å².